The van der Waals surface area contributed by atoms with Crippen molar-refractivity contribution in [2.45, 2.75) is 38.3 Å². The zero-order valence-corrected chi connectivity index (χ0v) is 17.4. The predicted molar refractivity (Wildman–Crippen MR) is 115 cm³/mol. The van der Waals surface area contributed by atoms with Crippen molar-refractivity contribution in [2.75, 3.05) is 12.4 Å². The van der Waals surface area contributed by atoms with Crippen LogP contribution in [0.1, 0.15) is 42.6 Å². The van der Waals surface area contributed by atoms with Crippen LogP contribution in [0.5, 0.6) is 5.75 Å². The number of amides is 1. The SMILES string of the molecule is COc1cc2nn([C@@H]3CC[C@H](O)C[C@H]3C)cc2cc1C(=O)Nc1cnc2cccnn12. The standard InChI is InChI=1S/C22H24N6O3/c1-13-8-15(29)5-6-18(13)27-12-14-9-16(19(31-2)10-17(14)26-27)22(30)25-21-11-23-20-4-3-7-24-28(20)21/h3-4,7,9-13,15,18,29H,5-6,8H2,1-2H3,(H,25,30)/t13-,15+,18-/m1/s1. The van der Waals surface area contributed by atoms with E-state index in [1.165, 1.54) is 7.11 Å². The molecule has 0 bridgehead atoms. The Morgan fingerprint density at radius 2 is 2.19 bits per heavy atom. The zero-order chi connectivity index (χ0) is 21.5. The third-order valence-electron chi connectivity index (χ3n) is 6.04. The summed E-state index contributed by atoms with van der Waals surface area (Å²) < 4.78 is 9.03. The topological polar surface area (TPSA) is 107 Å². The zero-order valence-electron chi connectivity index (χ0n) is 17.4. The van der Waals surface area contributed by atoms with E-state index in [1.807, 2.05) is 16.9 Å². The van der Waals surface area contributed by atoms with Crippen molar-refractivity contribution >= 4 is 28.3 Å². The van der Waals surface area contributed by atoms with Crippen LogP contribution in [0.4, 0.5) is 5.82 Å². The van der Waals surface area contributed by atoms with Gasteiger partial charge in [0, 0.05) is 23.8 Å². The molecule has 1 aliphatic carbocycles. The molecule has 9 heteroatoms. The normalized spacial score (nSPS) is 21.5. The number of rotatable bonds is 4. The Balaban J connectivity index is 1.47. The van der Waals surface area contributed by atoms with Gasteiger partial charge in [-0.2, -0.15) is 14.7 Å². The Hall–Kier alpha value is -3.46. The number of carbonyl (C=O) groups is 1. The van der Waals surface area contributed by atoms with Gasteiger partial charge >= 0.3 is 0 Å². The largest absolute Gasteiger partial charge is 0.496 e. The van der Waals surface area contributed by atoms with Crippen LogP contribution in [0.3, 0.4) is 0 Å². The third-order valence-corrected chi connectivity index (χ3v) is 6.04. The molecule has 3 atom stereocenters. The highest BCUT2D eigenvalue weighted by Gasteiger charge is 2.28. The number of nitrogens with zero attached hydrogens (tertiary/aromatic N) is 5. The molecule has 31 heavy (non-hydrogen) atoms. The van der Waals surface area contributed by atoms with Crippen LogP contribution < -0.4 is 10.1 Å². The van der Waals surface area contributed by atoms with Gasteiger partial charge in [0.25, 0.3) is 5.91 Å². The molecule has 0 radical (unpaired) electrons. The van der Waals surface area contributed by atoms with Gasteiger partial charge in [-0.25, -0.2) is 4.98 Å². The Morgan fingerprint density at radius 3 is 3.00 bits per heavy atom. The van der Waals surface area contributed by atoms with E-state index in [2.05, 4.69) is 22.3 Å². The Bertz CT molecular complexity index is 1260. The first-order chi connectivity index (χ1) is 15.0. The number of carbonyl (C=O) groups excluding carboxylic acids is 1. The summed E-state index contributed by atoms with van der Waals surface area (Å²) in [5.74, 6) is 0.940. The first-order valence-corrected chi connectivity index (χ1v) is 10.4. The maximum absolute atomic E-state index is 13.1. The molecule has 9 nitrogen and oxygen atoms in total. The number of aromatic nitrogens is 5. The summed E-state index contributed by atoms with van der Waals surface area (Å²) in [7, 11) is 1.54. The van der Waals surface area contributed by atoms with Crippen LogP contribution in [-0.4, -0.2) is 48.6 Å². The highest BCUT2D eigenvalue weighted by atomic mass is 16.5. The molecule has 160 valence electrons. The number of hydrogen-bond acceptors (Lipinski definition) is 6. The number of aliphatic hydroxyl groups is 1. The number of ether oxygens (including phenoxy) is 1. The van der Waals surface area contributed by atoms with Gasteiger partial charge in [-0.05, 0) is 43.4 Å². The molecular formula is C22H24N6O3. The van der Waals surface area contributed by atoms with E-state index in [4.69, 9.17) is 9.84 Å². The van der Waals surface area contributed by atoms with Crippen LogP contribution in [0, 0.1) is 5.92 Å². The van der Waals surface area contributed by atoms with Crippen LogP contribution in [0.25, 0.3) is 16.6 Å². The number of hydrogen-bond donors (Lipinski definition) is 2. The van der Waals surface area contributed by atoms with Gasteiger partial charge in [-0.15, -0.1) is 0 Å². The average molecular weight is 420 g/mol. The van der Waals surface area contributed by atoms with E-state index in [-0.39, 0.29) is 18.1 Å². The van der Waals surface area contributed by atoms with Crippen molar-refractivity contribution in [3.63, 3.8) is 0 Å². The Morgan fingerprint density at radius 1 is 1.32 bits per heavy atom. The van der Waals surface area contributed by atoms with E-state index in [9.17, 15) is 9.90 Å². The summed E-state index contributed by atoms with van der Waals surface area (Å²) in [6.07, 6.45) is 7.36. The number of methoxy groups -OCH3 is 1. The first-order valence-electron chi connectivity index (χ1n) is 10.4. The number of benzene rings is 1. The number of imidazole rings is 1. The van der Waals surface area contributed by atoms with E-state index in [1.54, 1.807) is 35.1 Å². The number of nitrogens with one attached hydrogen (secondary N) is 1. The fourth-order valence-electron chi connectivity index (χ4n) is 4.43. The Kier molecular flexibility index (Phi) is 4.82. The summed E-state index contributed by atoms with van der Waals surface area (Å²) in [4.78, 5) is 17.3. The second kappa shape index (κ2) is 7.66. The fraction of sp³-hybridized carbons (Fsp3) is 0.364. The lowest BCUT2D eigenvalue weighted by Gasteiger charge is -2.31. The van der Waals surface area contributed by atoms with Crippen molar-refractivity contribution < 1.29 is 14.6 Å². The summed E-state index contributed by atoms with van der Waals surface area (Å²) in [6.45, 7) is 2.14. The summed E-state index contributed by atoms with van der Waals surface area (Å²) in [6, 6.07) is 7.41. The molecule has 0 saturated heterocycles. The van der Waals surface area contributed by atoms with Gasteiger partial charge in [-0.3, -0.25) is 9.48 Å². The van der Waals surface area contributed by atoms with Gasteiger partial charge < -0.3 is 15.2 Å². The van der Waals surface area contributed by atoms with Crippen LogP contribution in [0.2, 0.25) is 0 Å². The molecule has 2 N–H and O–H groups in total. The minimum atomic E-state index is -0.312. The highest BCUT2D eigenvalue weighted by molar-refractivity contribution is 6.08. The van der Waals surface area contributed by atoms with E-state index < -0.39 is 0 Å². The summed E-state index contributed by atoms with van der Waals surface area (Å²) in [5.41, 5.74) is 1.82. The fourth-order valence-corrected chi connectivity index (χ4v) is 4.43. The van der Waals surface area contributed by atoms with Gasteiger partial charge in [0.1, 0.15) is 5.75 Å². The molecule has 1 saturated carbocycles. The monoisotopic (exact) mass is 420 g/mol. The number of fused-ring (bicyclic) bond motifs is 2. The molecular weight excluding hydrogens is 396 g/mol. The molecule has 0 unspecified atom stereocenters. The molecule has 3 aromatic heterocycles. The van der Waals surface area contributed by atoms with Crippen molar-refractivity contribution in [1.82, 2.24) is 24.4 Å². The molecule has 0 spiro atoms. The number of anilines is 1. The van der Waals surface area contributed by atoms with E-state index in [0.29, 0.717) is 28.7 Å². The van der Waals surface area contributed by atoms with E-state index >= 15 is 0 Å². The second-order valence-corrected chi connectivity index (χ2v) is 8.12. The van der Waals surface area contributed by atoms with Crippen LogP contribution >= 0.6 is 0 Å². The smallest absolute Gasteiger partial charge is 0.260 e. The molecule has 1 amide bonds. The van der Waals surface area contributed by atoms with Crippen LogP contribution in [-0.2, 0) is 0 Å². The molecule has 3 heterocycles. The quantitative estimate of drug-likeness (QED) is 0.526. The van der Waals surface area contributed by atoms with Crippen LogP contribution in [0.15, 0.2) is 42.9 Å². The minimum absolute atomic E-state index is 0.225. The maximum Gasteiger partial charge on any atom is 0.260 e. The molecule has 5 rings (SSSR count). The van der Waals surface area contributed by atoms with Crippen molar-refractivity contribution in [3.05, 3.63) is 48.4 Å². The molecule has 1 aromatic carbocycles. The Labute approximate surface area is 178 Å². The van der Waals surface area contributed by atoms with Gasteiger partial charge in [0.05, 0.1) is 36.5 Å². The summed E-state index contributed by atoms with van der Waals surface area (Å²) >= 11 is 0. The highest BCUT2D eigenvalue weighted by Crippen LogP contribution is 2.35. The molecule has 1 aliphatic rings. The van der Waals surface area contributed by atoms with Gasteiger partial charge in [0.15, 0.2) is 11.5 Å². The van der Waals surface area contributed by atoms with Crippen molar-refractivity contribution in [3.8, 4) is 5.75 Å². The number of aliphatic hydroxyl groups excluding tert-OH is 1. The van der Waals surface area contributed by atoms with Gasteiger partial charge in [0.2, 0.25) is 0 Å². The van der Waals surface area contributed by atoms with Gasteiger partial charge in [-0.1, -0.05) is 6.92 Å². The summed E-state index contributed by atoms with van der Waals surface area (Å²) in [5, 5.41) is 22.6. The van der Waals surface area contributed by atoms with Crippen molar-refractivity contribution in [2.24, 2.45) is 5.92 Å². The molecule has 1 fully saturated rings. The average Bonchev–Trinajstić information content (AvgIpc) is 3.36. The van der Waals surface area contributed by atoms with E-state index in [0.717, 1.165) is 30.2 Å². The first kappa shape index (κ1) is 19.5. The molecule has 4 aromatic rings. The third kappa shape index (κ3) is 3.50. The lowest BCUT2D eigenvalue weighted by atomic mass is 9.84. The minimum Gasteiger partial charge on any atom is -0.496 e. The van der Waals surface area contributed by atoms with Crippen molar-refractivity contribution in [1.29, 1.82) is 0 Å². The maximum atomic E-state index is 13.1. The lowest BCUT2D eigenvalue weighted by Crippen LogP contribution is -2.28. The predicted octanol–water partition coefficient (Wildman–Crippen LogP) is 3.06. The molecule has 0 aliphatic heterocycles. The second-order valence-electron chi connectivity index (χ2n) is 8.12. The lowest BCUT2D eigenvalue weighted by molar-refractivity contribution is 0.0750.